The smallest absolute Gasteiger partial charge is 0.263 e. The number of thiophene rings is 1. The molecule has 4 nitrogen and oxygen atoms in total. The third-order valence-electron chi connectivity index (χ3n) is 5.59. The summed E-state index contributed by atoms with van der Waals surface area (Å²) in [6.45, 7) is 4.48. The Bertz CT molecular complexity index is 813. The monoisotopic (exact) mass is 351 g/mol. The summed E-state index contributed by atoms with van der Waals surface area (Å²) in [5.41, 5.74) is 1.51. The maximum absolute atomic E-state index is 12.9. The van der Waals surface area contributed by atoms with Gasteiger partial charge in [-0.15, -0.1) is 11.3 Å². The molecule has 2 atom stereocenters. The van der Waals surface area contributed by atoms with Crippen molar-refractivity contribution in [3.63, 3.8) is 0 Å². The Morgan fingerprint density at radius 2 is 2.00 bits per heavy atom. The second kappa shape index (κ2) is 6.62. The standard InChI is InChI=1S/C20H21N3OS/c1-13-18(15-7-9-23(13)10-8-15)22-20(24)19-16(12-21)11-17(25-19)14-5-3-2-4-6-14/h2-6,11,13,15,18H,7-10H2,1H3,(H,22,24)/t13-,18+/m1/s1. The summed E-state index contributed by atoms with van der Waals surface area (Å²) in [5, 5.41) is 12.7. The highest BCUT2D eigenvalue weighted by molar-refractivity contribution is 7.17. The Morgan fingerprint density at radius 1 is 1.28 bits per heavy atom. The topological polar surface area (TPSA) is 56.1 Å². The zero-order chi connectivity index (χ0) is 17.4. The van der Waals surface area contributed by atoms with Crippen LogP contribution >= 0.6 is 11.3 Å². The van der Waals surface area contributed by atoms with Crippen molar-refractivity contribution in [3.05, 3.63) is 46.8 Å². The maximum Gasteiger partial charge on any atom is 0.263 e. The third kappa shape index (κ3) is 2.97. The molecular weight excluding hydrogens is 330 g/mol. The first kappa shape index (κ1) is 16.3. The first-order valence-electron chi connectivity index (χ1n) is 8.81. The molecule has 4 heterocycles. The molecule has 25 heavy (non-hydrogen) atoms. The molecule has 1 N–H and O–H groups in total. The Morgan fingerprint density at radius 3 is 2.64 bits per heavy atom. The van der Waals surface area contributed by atoms with Crippen LogP contribution in [0.3, 0.4) is 0 Å². The Hall–Kier alpha value is -2.16. The number of nitrogens with one attached hydrogen (secondary N) is 1. The van der Waals surface area contributed by atoms with E-state index in [2.05, 4.69) is 23.2 Å². The summed E-state index contributed by atoms with van der Waals surface area (Å²) in [6.07, 6.45) is 2.31. The van der Waals surface area contributed by atoms with E-state index < -0.39 is 0 Å². The fraction of sp³-hybridized carbons (Fsp3) is 0.400. The van der Waals surface area contributed by atoms with Crippen molar-refractivity contribution in [1.82, 2.24) is 10.2 Å². The molecule has 3 saturated heterocycles. The predicted octanol–water partition coefficient (Wildman–Crippen LogP) is 3.50. The lowest BCUT2D eigenvalue weighted by atomic mass is 9.79. The Balaban J connectivity index is 1.58. The highest BCUT2D eigenvalue weighted by Crippen LogP contribution is 2.34. The SMILES string of the molecule is C[C@@H]1[C@H](NC(=O)c2sc(-c3ccccc3)cc2C#N)C2CCN1CC2. The van der Waals surface area contributed by atoms with E-state index in [0.717, 1.165) is 36.4 Å². The molecule has 2 aromatic rings. The molecule has 2 bridgehead atoms. The van der Waals surface area contributed by atoms with Gasteiger partial charge in [-0.1, -0.05) is 30.3 Å². The molecule has 128 valence electrons. The van der Waals surface area contributed by atoms with Crippen molar-refractivity contribution < 1.29 is 4.79 Å². The van der Waals surface area contributed by atoms with Gasteiger partial charge in [0.25, 0.3) is 5.91 Å². The fourth-order valence-corrected chi connectivity index (χ4v) is 5.17. The van der Waals surface area contributed by atoms with Crippen LogP contribution in [0.1, 0.15) is 35.0 Å². The van der Waals surface area contributed by atoms with Gasteiger partial charge in [0.2, 0.25) is 0 Å². The Labute approximate surface area is 152 Å². The average molecular weight is 351 g/mol. The van der Waals surface area contributed by atoms with E-state index in [1.807, 2.05) is 36.4 Å². The lowest BCUT2D eigenvalue weighted by molar-refractivity contribution is 0.0218. The summed E-state index contributed by atoms with van der Waals surface area (Å²) < 4.78 is 0. The number of piperidine rings is 3. The minimum absolute atomic E-state index is 0.102. The third-order valence-corrected chi connectivity index (χ3v) is 6.78. The number of amides is 1. The van der Waals surface area contributed by atoms with E-state index in [9.17, 15) is 10.1 Å². The predicted molar refractivity (Wildman–Crippen MR) is 99.5 cm³/mol. The van der Waals surface area contributed by atoms with Crippen LogP contribution in [0.25, 0.3) is 10.4 Å². The first-order chi connectivity index (χ1) is 12.2. The number of hydrogen-bond acceptors (Lipinski definition) is 4. The summed E-state index contributed by atoms with van der Waals surface area (Å²) >= 11 is 1.41. The van der Waals surface area contributed by atoms with Crippen LogP contribution in [0.5, 0.6) is 0 Å². The fourth-order valence-electron chi connectivity index (χ4n) is 4.15. The largest absolute Gasteiger partial charge is 0.347 e. The van der Waals surface area contributed by atoms with Gasteiger partial charge in [-0.25, -0.2) is 0 Å². The molecule has 0 saturated carbocycles. The van der Waals surface area contributed by atoms with Crippen LogP contribution in [-0.2, 0) is 0 Å². The first-order valence-corrected chi connectivity index (χ1v) is 9.63. The molecule has 1 amide bonds. The van der Waals surface area contributed by atoms with Gasteiger partial charge in [-0.05, 0) is 50.4 Å². The zero-order valence-electron chi connectivity index (χ0n) is 14.2. The van der Waals surface area contributed by atoms with Gasteiger partial charge < -0.3 is 5.32 Å². The van der Waals surface area contributed by atoms with Gasteiger partial charge in [0, 0.05) is 17.0 Å². The van der Waals surface area contributed by atoms with Gasteiger partial charge in [0.15, 0.2) is 0 Å². The number of hydrogen-bond donors (Lipinski definition) is 1. The van der Waals surface area contributed by atoms with Crippen molar-refractivity contribution in [1.29, 1.82) is 5.26 Å². The average Bonchev–Trinajstić information content (AvgIpc) is 3.10. The van der Waals surface area contributed by atoms with Crippen molar-refractivity contribution in [2.45, 2.75) is 31.8 Å². The number of rotatable bonds is 3. The number of fused-ring (bicyclic) bond motifs is 3. The van der Waals surface area contributed by atoms with Crippen molar-refractivity contribution in [2.75, 3.05) is 13.1 Å². The van der Waals surface area contributed by atoms with Crippen LogP contribution < -0.4 is 5.32 Å². The van der Waals surface area contributed by atoms with Crippen LogP contribution in [0.2, 0.25) is 0 Å². The van der Waals surface area contributed by atoms with Gasteiger partial charge in [-0.2, -0.15) is 5.26 Å². The van der Waals surface area contributed by atoms with Gasteiger partial charge >= 0.3 is 0 Å². The second-order valence-electron chi connectivity index (χ2n) is 6.94. The highest BCUT2D eigenvalue weighted by atomic mass is 32.1. The lowest BCUT2D eigenvalue weighted by Gasteiger charge is -2.49. The minimum atomic E-state index is -0.102. The number of carbonyl (C=O) groups is 1. The molecule has 5 heteroatoms. The molecule has 0 spiro atoms. The van der Waals surface area contributed by atoms with E-state index in [0.29, 0.717) is 22.4 Å². The number of nitrogens with zero attached hydrogens (tertiary/aromatic N) is 2. The quantitative estimate of drug-likeness (QED) is 0.921. The summed E-state index contributed by atoms with van der Waals surface area (Å²) in [5.74, 6) is 0.456. The van der Waals surface area contributed by atoms with Crippen LogP contribution in [0.15, 0.2) is 36.4 Å². The van der Waals surface area contributed by atoms with Crippen LogP contribution in [0, 0.1) is 17.2 Å². The molecule has 3 aliphatic rings. The molecule has 3 fully saturated rings. The maximum atomic E-state index is 12.9. The van der Waals surface area contributed by atoms with Crippen LogP contribution in [0.4, 0.5) is 0 Å². The minimum Gasteiger partial charge on any atom is -0.347 e. The van der Waals surface area contributed by atoms with E-state index in [1.54, 1.807) is 0 Å². The molecule has 1 aromatic heterocycles. The molecule has 0 unspecified atom stereocenters. The van der Waals surface area contributed by atoms with Crippen molar-refractivity contribution in [2.24, 2.45) is 5.92 Å². The highest BCUT2D eigenvalue weighted by Gasteiger charge is 2.40. The summed E-state index contributed by atoms with van der Waals surface area (Å²) in [7, 11) is 0. The van der Waals surface area contributed by atoms with E-state index in [1.165, 1.54) is 11.3 Å². The van der Waals surface area contributed by atoms with Crippen molar-refractivity contribution in [3.8, 4) is 16.5 Å². The Kier molecular flexibility index (Phi) is 4.32. The van der Waals surface area contributed by atoms with E-state index in [4.69, 9.17) is 0 Å². The normalized spacial score (nSPS) is 27.7. The van der Waals surface area contributed by atoms with Gasteiger partial charge in [-0.3, -0.25) is 9.69 Å². The summed E-state index contributed by atoms with van der Waals surface area (Å²) in [4.78, 5) is 16.8. The summed E-state index contributed by atoms with van der Waals surface area (Å²) in [6, 6.07) is 14.5. The van der Waals surface area contributed by atoms with Gasteiger partial charge in [0.1, 0.15) is 10.9 Å². The molecule has 0 radical (unpaired) electrons. The molecule has 0 aliphatic carbocycles. The molecule has 1 aromatic carbocycles. The zero-order valence-corrected chi connectivity index (χ0v) is 15.1. The molecular formula is C20H21N3OS. The number of nitriles is 1. The lowest BCUT2D eigenvalue weighted by Crippen LogP contribution is -2.62. The molecule has 5 rings (SSSR count). The second-order valence-corrected chi connectivity index (χ2v) is 8.00. The van der Waals surface area contributed by atoms with Crippen LogP contribution in [-0.4, -0.2) is 36.0 Å². The van der Waals surface area contributed by atoms with Gasteiger partial charge in [0.05, 0.1) is 5.56 Å². The molecule has 3 aliphatic heterocycles. The number of benzene rings is 1. The van der Waals surface area contributed by atoms with E-state index >= 15 is 0 Å². The van der Waals surface area contributed by atoms with E-state index in [-0.39, 0.29) is 11.9 Å². The van der Waals surface area contributed by atoms with Crippen molar-refractivity contribution >= 4 is 17.2 Å². The number of carbonyl (C=O) groups excluding carboxylic acids is 1.